The SMILES string of the molecule is C=C1C(=O)c2cc(Cl)c(Cl)cc2C1C(C#N)C#N. The Morgan fingerprint density at radius 3 is 2.33 bits per heavy atom. The lowest BCUT2D eigenvalue weighted by Crippen LogP contribution is -2.09. The van der Waals surface area contributed by atoms with Gasteiger partial charge in [-0.1, -0.05) is 29.8 Å². The van der Waals surface area contributed by atoms with Gasteiger partial charge in [-0.15, -0.1) is 0 Å². The number of allylic oxidation sites excluding steroid dienone is 1. The summed E-state index contributed by atoms with van der Waals surface area (Å²) in [7, 11) is 0. The van der Waals surface area contributed by atoms with E-state index >= 15 is 0 Å². The van der Waals surface area contributed by atoms with Gasteiger partial charge in [0.25, 0.3) is 0 Å². The summed E-state index contributed by atoms with van der Waals surface area (Å²) in [6.45, 7) is 3.67. The Hall–Kier alpha value is -1.81. The lowest BCUT2D eigenvalue weighted by molar-refractivity contribution is 0.103. The van der Waals surface area contributed by atoms with E-state index in [1.165, 1.54) is 12.1 Å². The van der Waals surface area contributed by atoms with Gasteiger partial charge in [0.1, 0.15) is 5.92 Å². The Morgan fingerprint density at radius 2 is 1.78 bits per heavy atom. The molecule has 1 aromatic rings. The average molecular weight is 277 g/mol. The molecular formula is C13H6Cl2N2O. The van der Waals surface area contributed by atoms with E-state index in [2.05, 4.69) is 6.58 Å². The quantitative estimate of drug-likeness (QED) is 0.738. The molecule has 18 heavy (non-hydrogen) atoms. The van der Waals surface area contributed by atoms with Crippen LogP contribution >= 0.6 is 23.2 Å². The van der Waals surface area contributed by atoms with Gasteiger partial charge in [-0.2, -0.15) is 10.5 Å². The summed E-state index contributed by atoms with van der Waals surface area (Å²) < 4.78 is 0. The molecule has 3 nitrogen and oxygen atoms in total. The Bertz CT molecular complexity index is 638. The number of fused-ring (bicyclic) bond motifs is 1. The molecule has 0 bridgehead atoms. The molecular weight excluding hydrogens is 271 g/mol. The summed E-state index contributed by atoms with van der Waals surface area (Å²) in [5.74, 6) is -1.87. The number of halogens is 2. The highest BCUT2D eigenvalue weighted by molar-refractivity contribution is 6.42. The van der Waals surface area contributed by atoms with Crippen LogP contribution in [-0.2, 0) is 0 Å². The number of hydrogen-bond donors (Lipinski definition) is 0. The third kappa shape index (κ3) is 1.69. The maximum Gasteiger partial charge on any atom is 0.189 e. The zero-order valence-electron chi connectivity index (χ0n) is 9.08. The maximum atomic E-state index is 12.0. The molecule has 5 heteroatoms. The molecule has 0 amide bonds. The molecule has 1 aromatic carbocycles. The number of Topliss-reactive ketones (excluding diaryl/α,β-unsaturated/α-hetero) is 1. The molecule has 0 N–H and O–H groups in total. The van der Waals surface area contributed by atoms with Gasteiger partial charge in [0.15, 0.2) is 5.78 Å². The maximum absolute atomic E-state index is 12.0. The second-order valence-corrected chi connectivity index (χ2v) is 4.74. The molecule has 0 aromatic heterocycles. The number of hydrogen-bond acceptors (Lipinski definition) is 3. The predicted molar refractivity (Wildman–Crippen MR) is 67.4 cm³/mol. The number of nitriles is 2. The molecule has 1 unspecified atom stereocenters. The van der Waals surface area contributed by atoms with Crippen molar-refractivity contribution in [3.63, 3.8) is 0 Å². The molecule has 0 radical (unpaired) electrons. The minimum Gasteiger partial charge on any atom is -0.289 e. The normalized spacial score (nSPS) is 17.5. The summed E-state index contributed by atoms with van der Waals surface area (Å²) in [6.07, 6.45) is 0. The van der Waals surface area contributed by atoms with Crippen molar-refractivity contribution in [3.05, 3.63) is 45.5 Å². The summed E-state index contributed by atoms with van der Waals surface area (Å²) in [5, 5.41) is 18.5. The minimum atomic E-state index is -0.958. The van der Waals surface area contributed by atoms with Gasteiger partial charge >= 0.3 is 0 Å². The molecule has 0 aliphatic heterocycles. The minimum absolute atomic E-state index is 0.233. The van der Waals surface area contributed by atoms with Gasteiger partial charge in [0, 0.05) is 17.1 Å². The fourth-order valence-corrected chi connectivity index (χ4v) is 2.41. The average Bonchev–Trinajstić information content (AvgIpc) is 2.57. The van der Waals surface area contributed by atoms with E-state index in [9.17, 15) is 4.79 Å². The molecule has 0 saturated heterocycles. The number of ketones is 1. The summed E-state index contributed by atoms with van der Waals surface area (Å²) >= 11 is 11.8. The van der Waals surface area contributed by atoms with Crippen molar-refractivity contribution in [3.8, 4) is 12.1 Å². The zero-order valence-corrected chi connectivity index (χ0v) is 10.6. The van der Waals surface area contributed by atoms with Gasteiger partial charge in [-0.3, -0.25) is 4.79 Å². The molecule has 0 fully saturated rings. The number of carbonyl (C=O) groups is 1. The molecule has 1 aliphatic carbocycles. The van der Waals surface area contributed by atoms with Gasteiger partial charge in [0.05, 0.1) is 22.2 Å². The smallest absolute Gasteiger partial charge is 0.189 e. The van der Waals surface area contributed by atoms with Gasteiger partial charge < -0.3 is 0 Å². The van der Waals surface area contributed by atoms with Gasteiger partial charge in [-0.05, 0) is 17.7 Å². The fourth-order valence-electron chi connectivity index (χ4n) is 2.08. The van der Waals surface area contributed by atoms with E-state index < -0.39 is 11.8 Å². The molecule has 88 valence electrons. The largest absolute Gasteiger partial charge is 0.289 e. The highest BCUT2D eigenvalue weighted by Gasteiger charge is 2.39. The standard InChI is InChI=1S/C13H6Cl2N2O/c1-6-12(7(4-16)5-17)8-2-10(14)11(15)3-9(8)13(6)18/h2-3,7,12H,1H2. The first-order chi connectivity index (χ1) is 8.51. The first-order valence-corrected chi connectivity index (χ1v) is 5.78. The van der Waals surface area contributed by atoms with E-state index in [0.717, 1.165) is 0 Å². The van der Waals surface area contributed by atoms with Gasteiger partial charge in [0.2, 0.25) is 0 Å². The van der Waals surface area contributed by atoms with Crippen LogP contribution in [-0.4, -0.2) is 5.78 Å². The fraction of sp³-hybridized carbons (Fsp3) is 0.154. The highest BCUT2D eigenvalue weighted by atomic mass is 35.5. The van der Waals surface area contributed by atoms with Crippen LogP contribution in [0.5, 0.6) is 0 Å². The molecule has 1 atom stereocenters. The van der Waals surface area contributed by atoms with Crippen LogP contribution in [0, 0.1) is 28.6 Å². The van der Waals surface area contributed by atoms with Crippen molar-refractivity contribution >= 4 is 29.0 Å². The molecule has 0 heterocycles. The Morgan fingerprint density at radius 1 is 1.22 bits per heavy atom. The lowest BCUT2D eigenvalue weighted by Gasteiger charge is -2.12. The number of benzene rings is 1. The number of carbonyl (C=O) groups excluding carboxylic acids is 1. The first-order valence-electron chi connectivity index (χ1n) is 5.03. The molecule has 2 rings (SSSR count). The van der Waals surface area contributed by atoms with Gasteiger partial charge in [-0.25, -0.2) is 0 Å². The molecule has 1 aliphatic rings. The summed E-state index contributed by atoms with van der Waals surface area (Å²) in [5.41, 5.74) is 1.15. The number of rotatable bonds is 1. The van der Waals surface area contributed by atoms with Crippen LogP contribution in [0.1, 0.15) is 21.8 Å². The second-order valence-electron chi connectivity index (χ2n) is 3.92. The van der Waals surface area contributed by atoms with E-state index in [1.807, 2.05) is 12.1 Å². The highest BCUT2D eigenvalue weighted by Crippen LogP contribution is 2.43. The van der Waals surface area contributed by atoms with Crippen LogP contribution in [0.3, 0.4) is 0 Å². The monoisotopic (exact) mass is 276 g/mol. The zero-order chi connectivity index (χ0) is 13.4. The van der Waals surface area contributed by atoms with E-state index in [0.29, 0.717) is 11.1 Å². The first kappa shape index (κ1) is 12.6. The Balaban J connectivity index is 2.67. The van der Waals surface area contributed by atoms with Crippen molar-refractivity contribution in [2.45, 2.75) is 5.92 Å². The second kappa shape index (κ2) is 4.46. The predicted octanol–water partition coefficient (Wildman–Crippen LogP) is 3.49. The van der Waals surface area contributed by atoms with E-state index in [4.69, 9.17) is 33.7 Å². The topological polar surface area (TPSA) is 64.7 Å². The third-order valence-corrected chi connectivity index (χ3v) is 3.67. The molecule has 0 spiro atoms. The van der Waals surface area contributed by atoms with Crippen LogP contribution in [0.4, 0.5) is 0 Å². The van der Waals surface area contributed by atoms with Crippen molar-refractivity contribution in [1.82, 2.24) is 0 Å². The van der Waals surface area contributed by atoms with E-state index in [-0.39, 0.29) is 21.4 Å². The van der Waals surface area contributed by atoms with Crippen LogP contribution < -0.4 is 0 Å². The Kier molecular flexibility index (Phi) is 3.13. The van der Waals surface area contributed by atoms with Crippen LogP contribution in [0.15, 0.2) is 24.3 Å². The lowest BCUT2D eigenvalue weighted by atomic mass is 9.87. The van der Waals surface area contributed by atoms with Crippen LogP contribution in [0.2, 0.25) is 10.0 Å². The van der Waals surface area contributed by atoms with Crippen molar-refractivity contribution in [1.29, 1.82) is 10.5 Å². The van der Waals surface area contributed by atoms with E-state index in [1.54, 1.807) is 0 Å². The van der Waals surface area contributed by atoms with Crippen molar-refractivity contribution in [2.75, 3.05) is 0 Å². The third-order valence-electron chi connectivity index (χ3n) is 2.95. The summed E-state index contributed by atoms with van der Waals surface area (Å²) in [4.78, 5) is 12.0. The Labute approximate surface area is 114 Å². The van der Waals surface area contributed by atoms with Crippen LogP contribution in [0.25, 0.3) is 0 Å². The van der Waals surface area contributed by atoms with Crippen molar-refractivity contribution < 1.29 is 4.79 Å². The van der Waals surface area contributed by atoms with Crippen molar-refractivity contribution in [2.24, 2.45) is 5.92 Å². The summed E-state index contributed by atoms with van der Waals surface area (Å²) in [6, 6.07) is 6.73. The number of nitrogens with zero attached hydrogens (tertiary/aromatic N) is 2. The molecule has 0 saturated carbocycles.